The van der Waals surface area contributed by atoms with Gasteiger partial charge in [-0.1, -0.05) is 19.9 Å². The predicted molar refractivity (Wildman–Crippen MR) is 127 cm³/mol. The van der Waals surface area contributed by atoms with Crippen LogP contribution in [0.15, 0.2) is 60.7 Å². The summed E-state index contributed by atoms with van der Waals surface area (Å²) in [7, 11) is 0. The number of ether oxygens (including phenoxy) is 1. The van der Waals surface area contributed by atoms with E-state index in [2.05, 4.69) is 24.5 Å². The van der Waals surface area contributed by atoms with Crippen LogP contribution in [-0.4, -0.2) is 18.7 Å². The van der Waals surface area contributed by atoms with Crippen LogP contribution < -0.4 is 15.4 Å². The van der Waals surface area contributed by atoms with Crippen LogP contribution in [0, 0.1) is 17.1 Å². The molecule has 3 aromatic rings. The molecule has 5 nitrogen and oxygen atoms in total. The molecule has 0 aliphatic heterocycles. The van der Waals surface area contributed by atoms with Crippen molar-refractivity contribution in [3.63, 3.8) is 0 Å². The van der Waals surface area contributed by atoms with Gasteiger partial charge in [0.15, 0.2) is 0 Å². The number of carbonyl (C=O) groups excluding carboxylic acids is 1. The first kappa shape index (κ1) is 25.7. The maximum absolute atomic E-state index is 13.9. The number of anilines is 1. The molecule has 0 saturated heterocycles. The molecule has 0 aromatic heterocycles. The van der Waals surface area contributed by atoms with Gasteiger partial charge in [-0.25, -0.2) is 4.39 Å². The summed E-state index contributed by atoms with van der Waals surface area (Å²) in [6.45, 7) is 4.69. The molecule has 0 aliphatic carbocycles. The van der Waals surface area contributed by atoms with E-state index in [1.807, 2.05) is 0 Å². The monoisotopic (exact) mass is 487 g/mol. The lowest BCUT2D eigenvalue weighted by molar-refractivity contribution is -0.137. The maximum atomic E-state index is 13.9. The van der Waals surface area contributed by atoms with E-state index in [1.165, 1.54) is 30.5 Å². The van der Waals surface area contributed by atoms with Gasteiger partial charge < -0.3 is 20.8 Å². The summed E-state index contributed by atoms with van der Waals surface area (Å²) in [4.78, 5) is 12.4. The second-order valence-electron chi connectivity index (χ2n) is 8.28. The highest BCUT2D eigenvalue weighted by atomic mass is 19.4. The summed E-state index contributed by atoms with van der Waals surface area (Å²) in [5, 5.41) is 13.4. The maximum Gasteiger partial charge on any atom is 0.416 e. The molecule has 9 heteroatoms. The summed E-state index contributed by atoms with van der Waals surface area (Å²) in [5.74, 6) is -0.227. The lowest BCUT2D eigenvalue weighted by Gasteiger charge is -2.15. The molecule has 0 radical (unpaired) electrons. The third-order valence-electron chi connectivity index (χ3n) is 5.02. The van der Waals surface area contributed by atoms with Gasteiger partial charge in [0.2, 0.25) is 0 Å². The minimum atomic E-state index is -4.57. The Morgan fingerprint density at radius 3 is 2.54 bits per heavy atom. The molecule has 3 rings (SSSR count). The molecule has 0 fully saturated rings. The SMILES string of the molecule is CC(C)CNc1ccc(Oc2ccc(F)cc2CNC(=O)c2cccc(C(F)(F)F)c2)cc1C=N. The molecule has 0 unspecified atom stereocenters. The van der Waals surface area contributed by atoms with Gasteiger partial charge in [0.05, 0.1) is 5.56 Å². The molecule has 3 N–H and O–H groups in total. The summed E-state index contributed by atoms with van der Waals surface area (Å²) in [6, 6.07) is 13.0. The number of alkyl halides is 3. The number of hydrogen-bond acceptors (Lipinski definition) is 4. The molecule has 0 heterocycles. The fourth-order valence-electron chi connectivity index (χ4n) is 3.23. The highest BCUT2D eigenvalue weighted by molar-refractivity contribution is 5.94. The number of amides is 1. The van der Waals surface area contributed by atoms with Crippen molar-refractivity contribution in [2.45, 2.75) is 26.6 Å². The van der Waals surface area contributed by atoms with E-state index in [0.29, 0.717) is 22.8 Å². The van der Waals surface area contributed by atoms with Crippen LogP contribution in [0.4, 0.5) is 23.2 Å². The van der Waals surface area contributed by atoms with Crippen LogP contribution in [0.2, 0.25) is 0 Å². The van der Waals surface area contributed by atoms with Crippen LogP contribution in [0.1, 0.15) is 40.9 Å². The Morgan fingerprint density at radius 2 is 1.86 bits per heavy atom. The lowest BCUT2D eigenvalue weighted by Crippen LogP contribution is -2.23. The van der Waals surface area contributed by atoms with Crippen molar-refractivity contribution in [1.82, 2.24) is 5.32 Å². The zero-order chi connectivity index (χ0) is 25.6. The van der Waals surface area contributed by atoms with E-state index < -0.39 is 23.5 Å². The number of hydrogen-bond donors (Lipinski definition) is 3. The highest BCUT2D eigenvalue weighted by Crippen LogP contribution is 2.31. The molecule has 0 spiro atoms. The second-order valence-corrected chi connectivity index (χ2v) is 8.28. The Kier molecular flexibility index (Phi) is 8.11. The predicted octanol–water partition coefficient (Wildman–Crippen LogP) is 6.63. The molecule has 0 saturated carbocycles. The van der Waals surface area contributed by atoms with E-state index >= 15 is 0 Å². The molecule has 0 aliphatic rings. The molecule has 35 heavy (non-hydrogen) atoms. The number of benzene rings is 3. The van der Waals surface area contributed by atoms with Gasteiger partial charge in [-0.15, -0.1) is 0 Å². The number of nitrogens with one attached hydrogen (secondary N) is 3. The smallest absolute Gasteiger partial charge is 0.416 e. The van der Waals surface area contributed by atoms with Gasteiger partial charge >= 0.3 is 6.18 Å². The number of halogens is 4. The zero-order valence-corrected chi connectivity index (χ0v) is 19.2. The van der Waals surface area contributed by atoms with E-state index in [-0.39, 0.29) is 17.9 Å². The van der Waals surface area contributed by atoms with Gasteiger partial charge in [-0.05, 0) is 60.5 Å². The molecular formula is C26H25F4N3O2. The fourth-order valence-corrected chi connectivity index (χ4v) is 3.23. The quantitative estimate of drug-likeness (QED) is 0.234. The van der Waals surface area contributed by atoms with E-state index in [0.717, 1.165) is 30.4 Å². The minimum absolute atomic E-state index is 0.168. The van der Waals surface area contributed by atoms with Gasteiger partial charge in [-0.3, -0.25) is 4.79 Å². The largest absolute Gasteiger partial charge is 0.457 e. The van der Waals surface area contributed by atoms with Gasteiger partial charge in [-0.2, -0.15) is 13.2 Å². The third kappa shape index (κ3) is 7.05. The standard InChI is InChI=1S/C26H25F4N3O2/c1-16(2)14-32-23-8-7-22(12-18(23)13-31)35-24-9-6-21(27)11-19(24)15-33-25(34)17-4-3-5-20(10-17)26(28,29)30/h3-13,16,31-32H,14-15H2,1-2H3,(H,33,34). The van der Waals surface area contributed by atoms with Crippen molar-refractivity contribution >= 4 is 17.8 Å². The van der Waals surface area contributed by atoms with Gasteiger partial charge in [0, 0.05) is 41.7 Å². The molecule has 1 amide bonds. The third-order valence-corrected chi connectivity index (χ3v) is 5.02. The first-order valence-electron chi connectivity index (χ1n) is 10.9. The van der Waals surface area contributed by atoms with Gasteiger partial charge in [0.25, 0.3) is 5.91 Å². The fraction of sp³-hybridized carbons (Fsp3) is 0.231. The highest BCUT2D eigenvalue weighted by Gasteiger charge is 2.30. The summed E-state index contributed by atoms with van der Waals surface area (Å²) >= 11 is 0. The van der Waals surface area contributed by atoms with Crippen LogP contribution in [0.3, 0.4) is 0 Å². The molecule has 0 bridgehead atoms. The van der Waals surface area contributed by atoms with Crippen molar-refractivity contribution < 1.29 is 27.1 Å². The van der Waals surface area contributed by atoms with Crippen LogP contribution in [-0.2, 0) is 12.7 Å². The van der Waals surface area contributed by atoms with E-state index in [1.54, 1.807) is 18.2 Å². The average Bonchev–Trinajstić information content (AvgIpc) is 2.82. The molecule has 0 atom stereocenters. The van der Waals surface area contributed by atoms with Crippen LogP contribution in [0.5, 0.6) is 11.5 Å². The van der Waals surface area contributed by atoms with E-state index in [9.17, 15) is 22.4 Å². The second kappa shape index (κ2) is 11.0. The average molecular weight is 487 g/mol. The van der Waals surface area contributed by atoms with Crippen molar-refractivity contribution in [1.29, 1.82) is 5.41 Å². The van der Waals surface area contributed by atoms with Crippen molar-refractivity contribution in [2.24, 2.45) is 5.92 Å². The lowest BCUT2D eigenvalue weighted by atomic mass is 10.1. The summed E-state index contributed by atoms with van der Waals surface area (Å²) in [6.07, 6.45) is -3.38. The normalized spacial score (nSPS) is 11.3. The van der Waals surface area contributed by atoms with Crippen molar-refractivity contribution in [2.75, 3.05) is 11.9 Å². The van der Waals surface area contributed by atoms with Gasteiger partial charge in [0.1, 0.15) is 17.3 Å². The Balaban J connectivity index is 1.76. The topological polar surface area (TPSA) is 74.2 Å². The minimum Gasteiger partial charge on any atom is -0.457 e. The van der Waals surface area contributed by atoms with Crippen LogP contribution >= 0.6 is 0 Å². The Bertz CT molecular complexity index is 1210. The van der Waals surface area contributed by atoms with Crippen molar-refractivity contribution in [3.05, 3.63) is 88.7 Å². The zero-order valence-electron chi connectivity index (χ0n) is 19.2. The molecular weight excluding hydrogens is 462 g/mol. The summed E-state index contributed by atoms with van der Waals surface area (Å²) in [5.41, 5.74) is 0.564. The summed E-state index contributed by atoms with van der Waals surface area (Å²) < 4.78 is 58.6. The number of rotatable bonds is 9. The molecule has 3 aromatic carbocycles. The van der Waals surface area contributed by atoms with Crippen LogP contribution in [0.25, 0.3) is 0 Å². The number of carbonyl (C=O) groups is 1. The molecule has 184 valence electrons. The first-order valence-corrected chi connectivity index (χ1v) is 10.9. The first-order chi connectivity index (χ1) is 16.6. The Hall–Kier alpha value is -3.88. The van der Waals surface area contributed by atoms with E-state index in [4.69, 9.17) is 10.1 Å². The Labute approximate surface area is 200 Å². The Morgan fingerprint density at radius 1 is 1.09 bits per heavy atom. The van der Waals surface area contributed by atoms with Crippen molar-refractivity contribution in [3.8, 4) is 11.5 Å².